The molecule has 0 radical (unpaired) electrons. The first-order valence-corrected chi connectivity index (χ1v) is 7.64. The Kier molecular flexibility index (Phi) is 4.11. The molecule has 1 unspecified atom stereocenters. The van der Waals surface area contributed by atoms with Crippen molar-refractivity contribution in [3.05, 3.63) is 55.1 Å². The van der Waals surface area contributed by atoms with E-state index in [0.717, 1.165) is 15.1 Å². The van der Waals surface area contributed by atoms with Crippen LogP contribution in [0.15, 0.2) is 34.8 Å². The van der Waals surface area contributed by atoms with Crippen LogP contribution in [0.1, 0.15) is 20.1 Å². The van der Waals surface area contributed by atoms with E-state index in [9.17, 15) is 0 Å². The van der Waals surface area contributed by atoms with Crippen molar-refractivity contribution >= 4 is 54.8 Å². The zero-order valence-corrected chi connectivity index (χ0v) is 13.3. The summed E-state index contributed by atoms with van der Waals surface area (Å²) >= 11 is 15.2. The Morgan fingerprint density at radius 1 is 1.31 bits per heavy atom. The number of rotatable bonds is 2. The Morgan fingerprint density at radius 2 is 2.00 bits per heavy atom. The van der Waals surface area contributed by atoms with E-state index in [1.807, 2.05) is 24.3 Å². The van der Waals surface area contributed by atoms with Crippen LogP contribution in [0, 0.1) is 6.92 Å². The molecule has 0 aliphatic heterocycles. The SMILES string of the molecule is Cc1sc(C(Br)c2ccccc2Cl)cc1Br. The maximum atomic E-state index is 6.18. The minimum absolute atomic E-state index is 0.163. The third-order valence-corrected chi connectivity index (χ3v) is 6.14. The minimum Gasteiger partial charge on any atom is -0.143 e. The predicted molar refractivity (Wildman–Crippen MR) is 79.0 cm³/mol. The molecule has 0 amide bonds. The lowest BCUT2D eigenvalue weighted by Crippen LogP contribution is -1.90. The first-order valence-electron chi connectivity index (χ1n) is 4.74. The van der Waals surface area contributed by atoms with Crippen LogP contribution >= 0.6 is 54.8 Å². The highest BCUT2D eigenvalue weighted by molar-refractivity contribution is 9.10. The van der Waals surface area contributed by atoms with E-state index in [-0.39, 0.29) is 4.83 Å². The van der Waals surface area contributed by atoms with E-state index < -0.39 is 0 Å². The van der Waals surface area contributed by atoms with Gasteiger partial charge in [-0.25, -0.2) is 0 Å². The molecule has 2 aromatic rings. The number of hydrogen-bond acceptors (Lipinski definition) is 1. The van der Waals surface area contributed by atoms with Gasteiger partial charge in [0.15, 0.2) is 0 Å². The summed E-state index contributed by atoms with van der Waals surface area (Å²) in [6, 6.07) is 10.1. The summed E-state index contributed by atoms with van der Waals surface area (Å²) in [6.45, 7) is 2.10. The molecule has 1 aromatic heterocycles. The maximum Gasteiger partial charge on any atom is 0.0752 e. The molecule has 1 aromatic carbocycles. The highest BCUT2D eigenvalue weighted by Crippen LogP contribution is 2.40. The summed E-state index contributed by atoms with van der Waals surface area (Å²) in [5.74, 6) is 0. The zero-order valence-electron chi connectivity index (χ0n) is 8.51. The standard InChI is InChI=1S/C12H9Br2ClS/c1-7-9(13)6-11(16-7)12(14)8-4-2-3-5-10(8)15/h2-6,12H,1H3. The van der Waals surface area contributed by atoms with Gasteiger partial charge in [-0.3, -0.25) is 0 Å². The highest BCUT2D eigenvalue weighted by atomic mass is 79.9. The van der Waals surface area contributed by atoms with Crippen LogP contribution in [-0.4, -0.2) is 0 Å². The van der Waals surface area contributed by atoms with Crippen LogP contribution in [0.2, 0.25) is 5.02 Å². The minimum atomic E-state index is 0.163. The van der Waals surface area contributed by atoms with Gasteiger partial charge in [-0.05, 0) is 40.5 Å². The van der Waals surface area contributed by atoms with Crippen molar-refractivity contribution in [2.75, 3.05) is 0 Å². The van der Waals surface area contributed by atoms with Gasteiger partial charge in [0.25, 0.3) is 0 Å². The lowest BCUT2D eigenvalue weighted by Gasteiger charge is -2.09. The molecule has 84 valence electrons. The molecular weight excluding hydrogens is 371 g/mol. The van der Waals surface area contributed by atoms with E-state index in [1.165, 1.54) is 9.75 Å². The molecule has 2 rings (SSSR count). The quantitative estimate of drug-likeness (QED) is 0.564. The molecule has 0 aliphatic carbocycles. The molecule has 0 spiro atoms. The Hall–Kier alpha value is 0.170. The summed E-state index contributed by atoms with van der Waals surface area (Å²) < 4.78 is 1.16. The molecule has 16 heavy (non-hydrogen) atoms. The Morgan fingerprint density at radius 3 is 2.56 bits per heavy atom. The maximum absolute atomic E-state index is 6.18. The lowest BCUT2D eigenvalue weighted by molar-refractivity contribution is 1.22. The number of alkyl halides is 1. The number of thiophene rings is 1. The van der Waals surface area contributed by atoms with Crippen LogP contribution in [0.4, 0.5) is 0 Å². The number of benzene rings is 1. The van der Waals surface area contributed by atoms with Gasteiger partial charge in [0, 0.05) is 19.2 Å². The molecule has 0 saturated carbocycles. The van der Waals surface area contributed by atoms with Gasteiger partial charge in [0.05, 0.1) is 4.83 Å². The van der Waals surface area contributed by atoms with Crippen LogP contribution in [0.3, 0.4) is 0 Å². The van der Waals surface area contributed by atoms with E-state index >= 15 is 0 Å². The van der Waals surface area contributed by atoms with Crippen LogP contribution in [0.5, 0.6) is 0 Å². The van der Waals surface area contributed by atoms with Crippen molar-refractivity contribution in [3.8, 4) is 0 Å². The Balaban J connectivity index is 2.39. The van der Waals surface area contributed by atoms with Crippen molar-refractivity contribution in [1.29, 1.82) is 0 Å². The normalized spacial score (nSPS) is 12.8. The second-order valence-corrected chi connectivity index (χ2v) is 6.90. The van der Waals surface area contributed by atoms with E-state index in [4.69, 9.17) is 11.6 Å². The summed E-state index contributed by atoms with van der Waals surface area (Å²) in [7, 11) is 0. The number of hydrogen-bond donors (Lipinski definition) is 0. The molecule has 0 N–H and O–H groups in total. The molecule has 0 fully saturated rings. The fourth-order valence-electron chi connectivity index (χ4n) is 1.44. The van der Waals surface area contributed by atoms with Gasteiger partial charge in [0.1, 0.15) is 0 Å². The predicted octanol–water partition coefficient (Wildman–Crippen LogP) is 5.96. The van der Waals surface area contributed by atoms with E-state index in [2.05, 4.69) is 44.8 Å². The highest BCUT2D eigenvalue weighted by Gasteiger charge is 2.16. The van der Waals surface area contributed by atoms with Crippen molar-refractivity contribution in [2.24, 2.45) is 0 Å². The fraction of sp³-hybridized carbons (Fsp3) is 0.167. The third kappa shape index (κ3) is 2.53. The molecule has 1 atom stereocenters. The number of aryl methyl sites for hydroxylation is 1. The van der Waals surface area contributed by atoms with Crippen LogP contribution < -0.4 is 0 Å². The second kappa shape index (κ2) is 5.21. The number of halogens is 3. The summed E-state index contributed by atoms with van der Waals surface area (Å²) in [5, 5.41) is 0.798. The Labute approximate surface area is 121 Å². The van der Waals surface area contributed by atoms with Gasteiger partial charge in [-0.2, -0.15) is 0 Å². The smallest absolute Gasteiger partial charge is 0.0752 e. The molecule has 1 heterocycles. The van der Waals surface area contributed by atoms with Crippen molar-refractivity contribution < 1.29 is 0 Å². The van der Waals surface area contributed by atoms with Crippen LogP contribution in [-0.2, 0) is 0 Å². The van der Waals surface area contributed by atoms with Gasteiger partial charge in [0.2, 0.25) is 0 Å². The molecule has 0 saturated heterocycles. The third-order valence-electron chi connectivity index (χ3n) is 2.30. The largest absolute Gasteiger partial charge is 0.143 e. The average molecular weight is 381 g/mol. The first-order chi connectivity index (χ1) is 7.59. The topological polar surface area (TPSA) is 0 Å². The van der Waals surface area contributed by atoms with Crippen molar-refractivity contribution in [2.45, 2.75) is 11.8 Å². The summed E-state index contributed by atoms with van der Waals surface area (Å²) in [5.41, 5.74) is 1.11. The van der Waals surface area contributed by atoms with E-state index in [0.29, 0.717) is 0 Å². The second-order valence-electron chi connectivity index (χ2n) is 3.44. The van der Waals surface area contributed by atoms with Gasteiger partial charge < -0.3 is 0 Å². The molecular formula is C12H9Br2ClS. The average Bonchev–Trinajstić information content (AvgIpc) is 2.59. The molecule has 0 bridgehead atoms. The van der Waals surface area contributed by atoms with Gasteiger partial charge in [-0.1, -0.05) is 45.7 Å². The lowest BCUT2D eigenvalue weighted by atomic mass is 10.1. The zero-order chi connectivity index (χ0) is 11.7. The van der Waals surface area contributed by atoms with E-state index in [1.54, 1.807) is 11.3 Å². The molecule has 0 nitrogen and oxygen atoms in total. The van der Waals surface area contributed by atoms with Gasteiger partial charge >= 0.3 is 0 Å². The monoisotopic (exact) mass is 378 g/mol. The van der Waals surface area contributed by atoms with Crippen LogP contribution in [0.25, 0.3) is 0 Å². The first kappa shape index (κ1) is 12.6. The van der Waals surface area contributed by atoms with Crippen molar-refractivity contribution in [3.63, 3.8) is 0 Å². The summed E-state index contributed by atoms with van der Waals surface area (Å²) in [6.07, 6.45) is 0. The van der Waals surface area contributed by atoms with Gasteiger partial charge in [-0.15, -0.1) is 11.3 Å². The Bertz CT molecular complexity index is 488. The summed E-state index contributed by atoms with van der Waals surface area (Å²) in [4.78, 5) is 2.71. The molecule has 4 heteroatoms. The van der Waals surface area contributed by atoms with Crippen molar-refractivity contribution in [1.82, 2.24) is 0 Å². The molecule has 0 aliphatic rings. The fourth-order valence-corrected chi connectivity index (χ4v) is 4.19.